The number of carbonyl (C=O) groups excluding carboxylic acids is 2. The molecule has 3 aromatic rings. The van der Waals surface area contributed by atoms with Gasteiger partial charge in [-0.3, -0.25) is 9.59 Å². The first-order chi connectivity index (χ1) is 14.6. The van der Waals surface area contributed by atoms with E-state index in [1.807, 2.05) is 37.3 Å². The zero-order valence-corrected chi connectivity index (χ0v) is 17.3. The quantitative estimate of drug-likeness (QED) is 0.529. The number of benzene rings is 2. The number of anilines is 1. The van der Waals surface area contributed by atoms with Crippen molar-refractivity contribution in [2.24, 2.45) is 0 Å². The topological polar surface area (TPSA) is 97.1 Å². The van der Waals surface area contributed by atoms with Crippen molar-refractivity contribution in [2.45, 2.75) is 36.9 Å². The molecule has 7 nitrogen and oxygen atoms in total. The van der Waals surface area contributed by atoms with Gasteiger partial charge >= 0.3 is 0 Å². The second-order valence-corrected chi connectivity index (χ2v) is 8.10. The van der Waals surface area contributed by atoms with Crippen molar-refractivity contribution >= 4 is 29.3 Å². The number of hydrogen-bond donors (Lipinski definition) is 2. The molecular weight excluding hydrogens is 400 g/mol. The van der Waals surface area contributed by atoms with E-state index in [9.17, 15) is 9.59 Å². The van der Waals surface area contributed by atoms with E-state index in [0.29, 0.717) is 28.3 Å². The molecule has 1 fully saturated rings. The summed E-state index contributed by atoms with van der Waals surface area (Å²) in [5.74, 6) is 0.642. The van der Waals surface area contributed by atoms with E-state index in [4.69, 9.17) is 4.42 Å². The van der Waals surface area contributed by atoms with Gasteiger partial charge in [0.15, 0.2) is 0 Å². The molecule has 0 aliphatic heterocycles. The van der Waals surface area contributed by atoms with Gasteiger partial charge in [-0.15, -0.1) is 10.2 Å². The summed E-state index contributed by atoms with van der Waals surface area (Å²) >= 11 is 1.18. The number of amides is 2. The Morgan fingerprint density at radius 1 is 1.10 bits per heavy atom. The fraction of sp³-hybridized carbons (Fsp3) is 0.273. The largest absolute Gasteiger partial charge is 0.416 e. The lowest BCUT2D eigenvalue weighted by atomic mass is 10.1. The predicted octanol–water partition coefficient (Wildman–Crippen LogP) is 4.17. The van der Waals surface area contributed by atoms with Gasteiger partial charge in [0, 0.05) is 5.92 Å². The van der Waals surface area contributed by atoms with Crippen molar-refractivity contribution < 1.29 is 14.0 Å². The van der Waals surface area contributed by atoms with Gasteiger partial charge in [-0.05, 0) is 37.5 Å². The van der Waals surface area contributed by atoms with Crippen LogP contribution >= 0.6 is 11.8 Å². The normalized spacial score (nSPS) is 14.2. The maximum Gasteiger partial charge on any atom is 0.277 e. The number of rotatable bonds is 8. The summed E-state index contributed by atoms with van der Waals surface area (Å²) in [6.45, 7) is 1.92. The summed E-state index contributed by atoms with van der Waals surface area (Å²) in [5, 5.41) is 14.1. The molecule has 0 radical (unpaired) electrons. The monoisotopic (exact) mass is 422 g/mol. The minimum absolute atomic E-state index is 0.114. The van der Waals surface area contributed by atoms with Crippen molar-refractivity contribution in [1.82, 2.24) is 15.5 Å². The van der Waals surface area contributed by atoms with E-state index >= 15 is 0 Å². The van der Waals surface area contributed by atoms with Crippen molar-refractivity contribution in [3.05, 3.63) is 71.6 Å². The Morgan fingerprint density at radius 2 is 1.83 bits per heavy atom. The molecule has 0 unspecified atom stereocenters. The second kappa shape index (κ2) is 9.13. The van der Waals surface area contributed by atoms with Gasteiger partial charge in [-0.2, -0.15) is 0 Å². The third kappa shape index (κ3) is 5.07. The van der Waals surface area contributed by atoms with Crippen LogP contribution in [0.4, 0.5) is 5.69 Å². The minimum Gasteiger partial charge on any atom is -0.416 e. The van der Waals surface area contributed by atoms with Crippen LogP contribution in [0.25, 0.3) is 0 Å². The number of aromatic nitrogens is 2. The van der Waals surface area contributed by atoms with Gasteiger partial charge in [-0.1, -0.05) is 54.2 Å². The molecule has 0 saturated heterocycles. The molecule has 2 aromatic carbocycles. The molecule has 8 heteroatoms. The molecule has 0 spiro atoms. The molecule has 4 rings (SSSR count). The van der Waals surface area contributed by atoms with Gasteiger partial charge in [-0.25, -0.2) is 0 Å². The van der Waals surface area contributed by atoms with E-state index in [1.54, 1.807) is 24.3 Å². The summed E-state index contributed by atoms with van der Waals surface area (Å²) < 4.78 is 5.55. The Morgan fingerprint density at radius 3 is 2.60 bits per heavy atom. The standard InChI is InChI=1S/C22H22N4O3S/c1-14(15-7-3-2-4-8-15)23-20(28)17-9-5-6-10-18(17)24-19(27)13-30-22-26-25-21(29-22)16-11-12-16/h2-10,14,16H,11-13H2,1H3,(H,23,28)(H,24,27)/t14-/m0/s1. The van der Waals surface area contributed by atoms with Crippen molar-refractivity contribution in [2.75, 3.05) is 11.1 Å². The van der Waals surface area contributed by atoms with E-state index in [2.05, 4.69) is 20.8 Å². The first kappa shape index (κ1) is 20.2. The maximum absolute atomic E-state index is 12.8. The molecule has 2 amide bonds. The smallest absolute Gasteiger partial charge is 0.277 e. The number of hydrogen-bond acceptors (Lipinski definition) is 6. The van der Waals surface area contributed by atoms with Crippen molar-refractivity contribution in [3.8, 4) is 0 Å². The summed E-state index contributed by atoms with van der Waals surface area (Å²) in [6.07, 6.45) is 2.16. The molecular formula is C22H22N4O3S. The number of thioether (sulfide) groups is 1. The van der Waals surface area contributed by atoms with Crippen LogP contribution in [0, 0.1) is 0 Å². The van der Waals surface area contributed by atoms with Gasteiger partial charge < -0.3 is 15.1 Å². The summed E-state index contributed by atoms with van der Waals surface area (Å²) in [6, 6.07) is 16.5. The molecule has 1 atom stereocenters. The predicted molar refractivity (Wildman–Crippen MR) is 114 cm³/mol. The third-order valence-electron chi connectivity index (χ3n) is 4.77. The summed E-state index contributed by atoms with van der Waals surface area (Å²) in [7, 11) is 0. The van der Waals surface area contributed by atoms with Crippen LogP contribution in [-0.4, -0.2) is 27.8 Å². The van der Waals surface area contributed by atoms with Gasteiger partial charge in [0.05, 0.1) is 23.0 Å². The lowest BCUT2D eigenvalue weighted by Gasteiger charge is -2.16. The van der Waals surface area contributed by atoms with E-state index in [0.717, 1.165) is 18.4 Å². The van der Waals surface area contributed by atoms with Crippen LogP contribution in [-0.2, 0) is 4.79 Å². The molecule has 1 heterocycles. The van der Waals surface area contributed by atoms with Crippen LogP contribution in [0.2, 0.25) is 0 Å². The molecule has 0 bridgehead atoms. The Balaban J connectivity index is 1.35. The minimum atomic E-state index is -0.249. The van der Waals surface area contributed by atoms with Crippen LogP contribution in [0.3, 0.4) is 0 Å². The Bertz CT molecular complexity index is 1030. The van der Waals surface area contributed by atoms with Crippen molar-refractivity contribution in [1.29, 1.82) is 0 Å². The Hall–Kier alpha value is -3.13. The highest BCUT2D eigenvalue weighted by molar-refractivity contribution is 7.99. The average molecular weight is 423 g/mol. The van der Waals surface area contributed by atoms with Gasteiger partial charge in [0.2, 0.25) is 11.8 Å². The molecule has 154 valence electrons. The van der Waals surface area contributed by atoms with E-state index in [1.165, 1.54) is 11.8 Å². The molecule has 1 aromatic heterocycles. The summed E-state index contributed by atoms with van der Waals surface area (Å²) in [4.78, 5) is 25.2. The van der Waals surface area contributed by atoms with E-state index in [-0.39, 0.29) is 23.6 Å². The zero-order chi connectivity index (χ0) is 20.9. The van der Waals surface area contributed by atoms with E-state index < -0.39 is 0 Å². The number of para-hydroxylation sites is 1. The Labute approximate surface area is 178 Å². The van der Waals surface area contributed by atoms with Crippen LogP contribution in [0.1, 0.15) is 53.5 Å². The third-order valence-corrected chi connectivity index (χ3v) is 5.59. The molecule has 1 saturated carbocycles. The maximum atomic E-state index is 12.8. The Kier molecular flexibility index (Phi) is 6.13. The van der Waals surface area contributed by atoms with Crippen LogP contribution in [0.15, 0.2) is 64.2 Å². The number of nitrogens with one attached hydrogen (secondary N) is 2. The highest BCUT2D eigenvalue weighted by Gasteiger charge is 2.29. The van der Waals surface area contributed by atoms with Gasteiger partial charge in [0.25, 0.3) is 11.1 Å². The molecule has 1 aliphatic carbocycles. The highest BCUT2D eigenvalue weighted by Crippen LogP contribution is 2.39. The van der Waals surface area contributed by atoms with Crippen molar-refractivity contribution in [3.63, 3.8) is 0 Å². The lowest BCUT2D eigenvalue weighted by molar-refractivity contribution is -0.113. The van der Waals surface area contributed by atoms with Crippen LogP contribution < -0.4 is 10.6 Å². The summed E-state index contributed by atoms with van der Waals surface area (Å²) in [5.41, 5.74) is 1.88. The first-order valence-electron chi connectivity index (χ1n) is 9.81. The fourth-order valence-corrected chi connectivity index (χ4v) is 3.55. The number of nitrogens with zero attached hydrogens (tertiary/aromatic N) is 2. The fourth-order valence-electron chi connectivity index (χ4n) is 2.98. The van der Waals surface area contributed by atoms with Gasteiger partial charge in [0.1, 0.15) is 0 Å². The van der Waals surface area contributed by atoms with Crippen LogP contribution in [0.5, 0.6) is 0 Å². The molecule has 2 N–H and O–H groups in total. The lowest BCUT2D eigenvalue weighted by Crippen LogP contribution is -2.28. The SMILES string of the molecule is C[C@H](NC(=O)c1ccccc1NC(=O)CSc1nnc(C2CC2)o1)c1ccccc1. The zero-order valence-electron chi connectivity index (χ0n) is 16.5. The number of carbonyl (C=O) groups is 2. The first-order valence-corrected chi connectivity index (χ1v) is 10.8. The molecule has 1 aliphatic rings. The second-order valence-electron chi connectivity index (χ2n) is 7.17. The average Bonchev–Trinajstić information content (AvgIpc) is 3.51. The highest BCUT2D eigenvalue weighted by atomic mass is 32.2. The molecule has 30 heavy (non-hydrogen) atoms.